The summed E-state index contributed by atoms with van der Waals surface area (Å²) in [4.78, 5) is 29.6. The van der Waals surface area contributed by atoms with Crippen molar-refractivity contribution < 1.29 is 9.90 Å². The second-order valence-corrected chi connectivity index (χ2v) is 8.98. The Balaban J connectivity index is 1.64. The van der Waals surface area contributed by atoms with Crippen LogP contribution in [0.5, 0.6) is 0 Å². The molecule has 2 aliphatic heterocycles. The summed E-state index contributed by atoms with van der Waals surface area (Å²) in [6, 6.07) is 7.03. The zero-order valence-corrected chi connectivity index (χ0v) is 18.9. The van der Waals surface area contributed by atoms with E-state index in [0.29, 0.717) is 62.6 Å². The standard InChI is InChI=1S/C22H33N9O2/c1-13(32)14-2-4-18(5-3-14)26-20-27-21(30-7-6-19(33)15(9-23)10-30)29-22(28-20)31-11-16(24)8-17(25)12-31/h2-5,15-17,19,33H,6-12,23-25H2,1H3,(H,26,27,28,29)/t15-,16-,17+,19+/m1/s1. The highest BCUT2D eigenvalue weighted by Crippen LogP contribution is 2.25. The fourth-order valence-electron chi connectivity index (χ4n) is 4.39. The lowest BCUT2D eigenvalue weighted by atomic mass is 9.95. The quantitative estimate of drug-likeness (QED) is 0.366. The van der Waals surface area contributed by atoms with Crippen LogP contribution in [0.3, 0.4) is 0 Å². The molecular formula is C22H33N9O2. The third kappa shape index (κ3) is 5.56. The summed E-state index contributed by atoms with van der Waals surface area (Å²) >= 11 is 0. The summed E-state index contributed by atoms with van der Waals surface area (Å²) in [5.74, 6) is 1.36. The van der Waals surface area contributed by atoms with Crippen molar-refractivity contribution in [2.45, 2.75) is 38.0 Å². The number of benzene rings is 1. The second-order valence-electron chi connectivity index (χ2n) is 8.98. The van der Waals surface area contributed by atoms with E-state index >= 15 is 0 Å². The van der Waals surface area contributed by atoms with Gasteiger partial charge in [0.1, 0.15) is 0 Å². The average Bonchev–Trinajstić information content (AvgIpc) is 2.79. The first-order chi connectivity index (χ1) is 15.8. The Hall–Kier alpha value is -2.86. The van der Waals surface area contributed by atoms with Crippen LogP contribution in [-0.4, -0.2) is 76.8 Å². The van der Waals surface area contributed by atoms with Crippen LogP contribution in [0.1, 0.15) is 30.1 Å². The molecule has 1 aromatic heterocycles. The first-order valence-corrected chi connectivity index (χ1v) is 11.4. The van der Waals surface area contributed by atoms with Crippen LogP contribution >= 0.6 is 0 Å². The predicted octanol–water partition coefficient (Wildman–Crippen LogP) is -0.172. The van der Waals surface area contributed by atoms with Gasteiger partial charge in [0.25, 0.3) is 0 Å². The lowest BCUT2D eigenvalue weighted by molar-refractivity contribution is 0.0916. The van der Waals surface area contributed by atoms with E-state index in [4.69, 9.17) is 22.2 Å². The SMILES string of the molecule is CC(=O)c1ccc(Nc2nc(N3C[C@H](N)C[C@H](N)C3)nc(N3CC[C@H](O)[C@H](CN)C3)n2)cc1. The van der Waals surface area contributed by atoms with Gasteiger partial charge in [0.15, 0.2) is 5.78 Å². The molecule has 0 radical (unpaired) electrons. The normalized spacial score (nSPS) is 25.7. The smallest absolute Gasteiger partial charge is 0.233 e. The largest absolute Gasteiger partial charge is 0.393 e. The maximum atomic E-state index is 11.6. The van der Waals surface area contributed by atoms with Crippen molar-refractivity contribution in [1.82, 2.24) is 15.0 Å². The van der Waals surface area contributed by atoms with E-state index in [9.17, 15) is 9.90 Å². The molecule has 0 bridgehead atoms. The molecule has 4 rings (SSSR count). The molecule has 178 valence electrons. The van der Waals surface area contributed by atoms with E-state index in [2.05, 4.69) is 15.3 Å². The van der Waals surface area contributed by atoms with Crippen LogP contribution in [-0.2, 0) is 0 Å². The third-order valence-corrected chi connectivity index (χ3v) is 6.24. The molecule has 2 aliphatic rings. The summed E-state index contributed by atoms with van der Waals surface area (Å²) in [6.07, 6.45) is 0.921. The Bertz CT molecular complexity index is 961. The maximum absolute atomic E-state index is 11.6. The molecule has 3 heterocycles. The lowest BCUT2D eigenvalue weighted by Gasteiger charge is -2.37. The number of aliphatic hydroxyl groups excluding tert-OH is 1. The van der Waals surface area contributed by atoms with Crippen LogP contribution < -0.4 is 32.3 Å². The molecule has 2 saturated heterocycles. The van der Waals surface area contributed by atoms with Crippen LogP contribution in [0.4, 0.5) is 23.5 Å². The van der Waals surface area contributed by atoms with Crippen molar-refractivity contribution in [3.63, 3.8) is 0 Å². The number of rotatable bonds is 6. The number of aliphatic hydroxyl groups is 1. The Morgan fingerprint density at radius 1 is 1.06 bits per heavy atom. The van der Waals surface area contributed by atoms with Crippen LogP contribution in [0.2, 0.25) is 0 Å². The molecule has 4 atom stereocenters. The highest BCUT2D eigenvalue weighted by atomic mass is 16.3. The van der Waals surface area contributed by atoms with Gasteiger partial charge >= 0.3 is 0 Å². The first kappa shape index (κ1) is 23.3. The number of nitrogens with one attached hydrogen (secondary N) is 1. The van der Waals surface area contributed by atoms with Gasteiger partial charge in [0.2, 0.25) is 17.8 Å². The number of hydrogen-bond acceptors (Lipinski definition) is 11. The van der Waals surface area contributed by atoms with Crippen molar-refractivity contribution in [3.05, 3.63) is 29.8 Å². The van der Waals surface area contributed by atoms with Gasteiger partial charge in [-0.25, -0.2) is 0 Å². The fourth-order valence-corrected chi connectivity index (χ4v) is 4.39. The highest BCUT2D eigenvalue weighted by molar-refractivity contribution is 5.94. The average molecular weight is 456 g/mol. The number of aromatic nitrogens is 3. The van der Waals surface area contributed by atoms with Gasteiger partial charge in [0, 0.05) is 55.4 Å². The molecule has 0 amide bonds. The van der Waals surface area contributed by atoms with Gasteiger partial charge in [0.05, 0.1) is 6.10 Å². The summed E-state index contributed by atoms with van der Waals surface area (Å²) < 4.78 is 0. The van der Waals surface area contributed by atoms with Gasteiger partial charge in [-0.2, -0.15) is 15.0 Å². The van der Waals surface area contributed by atoms with Crippen LogP contribution in [0.25, 0.3) is 0 Å². The van der Waals surface area contributed by atoms with Gasteiger partial charge in [-0.05, 0) is 50.6 Å². The van der Waals surface area contributed by atoms with Crippen molar-refractivity contribution in [1.29, 1.82) is 0 Å². The van der Waals surface area contributed by atoms with Crippen molar-refractivity contribution in [3.8, 4) is 0 Å². The molecular weight excluding hydrogens is 422 g/mol. The van der Waals surface area contributed by atoms with Gasteiger partial charge < -0.3 is 37.4 Å². The predicted molar refractivity (Wildman–Crippen MR) is 128 cm³/mol. The Morgan fingerprint density at radius 3 is 2.30 bits per heavy atom. The Morgan fingerprint density at radius 2 is 1.70 bits per heavy atom. The molecule has 0 aliphatic carbocycles. The first-order valence-electron chi connectivity index (χ1n) is 11.4. The second kappa shape index (κ2) is 9.96. The minimum atomic E-state index is -0.428. The molecule has 11 heteroatoms. The summed E-state index contributed by atoms with van der Waals surface area (Å²) in [6.45, 7) is 4.31. The van der Waals surface area contributed by atoms with Crippen LogP contribution in [0.15, 0.2) is 24.3 Å². The molecule has 2 aromatic rings. The Kier molecular flexibility index (Phi) is 7.03. The van der Waals surface area contributed by atoms with E-state index in [0.717, 1.165) is 12.1 Å². The summed E-state index contributed by atoms with van der Waals surface area (Å²) in [5, 5.41) is 13.5. The monoisotopic (exact) mass is 455 g/mol. The van der Waals surface area contributed by atoms with Crippen LogP contribution in [0, 0.1) is 5.92 Å². The number of nitrogens with zero attached hydrogens (tertiary/aromatic N) is 5. The molecule has 2 fully saturated rings. The molecule has 11 nitrogen and oxygen atoms in total. The number of carbonyl (C=O) groups is 1. The van der Waals surface area contributed by atoms with Crippen molar-refractivity contribution in [2.24, 2.45) is 23.1 Å². The lowest BCUT2D eigenvalue weighted by Crippen LogP contribution is -2.53. The van der Waals surface area contributed by atoms with E-state index in [1.54, 1.807) is 12.1 Å². The van der Waals surface area contributed by atoms with E-state index in [-0.39, 0.29) is 23.8 Å². The van der Waals surface area contributed by atoms with E-state index in [1.165, 1.54) is 6.92 Å². The zero-order valence-electron chi connectivity index (χ0n) is 18.9. The fraction of sp³-hybridized carbons (Fsp3) is 0.545. The van der Waals surface area contributed by atoms with E-state index < -0.39 is 6.10 Å². The number of Topliss-reactive ketones (excluding diaryl/α,β-unsaturated/α-hetero) is 1. The molecule has 0 saturated carbocycles. The van der Waals surface area contributed by atoms with Gasteiger partial charge in [-0.15, -0.1) is 0 Å². The highest BCUT2D eigenvalue weighted by Gasteiger charge is 2.30. The molecule has 1 aromatic carbocycles. The molecule has 0 spiro atoms. The Labute approximate surface area is 193 Å². The molecule has 0 unspecified atom stereocenters. The number of hydrogen-bond donors (Lipinski definition) is 5. The number of ketones is 1. The summed E-state index contributed by atoms with van der Waals surface area (Å²) in [5.41, 5.74) is 19.6. The van der Waals surface area contributed by atoms with Crippen molar-refractivity contribution >= 4 is 29.3 Å². The molecule has 8 N–H and O–H groups in total. The van der Waals surface area contributed by atoms with Gasteiger partial charge in [-0.1, -0.05) is 0 Å². The van der Waals surface area contributed by atoms with E-state index in [1.807, 2.05) is 21.9 Å². The zero-order chi connectivity index (χ0) is 23.5. The minimum absolute atomic E-state index is 0.00537. The van der Waals surface area contributed by atoms with Gasteiger partial charge in [-0.3, -0.25) is 4.79 Å². The number of anilines is 4. The third-order valence-electron chi connectivity index (χ3n) is 6.24. The topological polar surface area (TPSA) is 173 Å². The minimum Gasteiger partial charge on any atom is -0.393 e. The summed E-state index contributed by atoms with van der Waals surface area (Å²) in [7, 11) is 0. The number of piperidine rings is 2. The number of nitrogens with two attached hydrogens (primary N) is 3. The maximum Gasteiger partial charge on any atom is 0.233 e. The number of carbonyl (C=O) groups excluding carboxylic acids is 1. The molecule has 33 heavy (non-hydrogen) atoms. The van der Waals surface area contributed by atoms with Crippen molar-refractivity contribution in [2.75, 3.05) is 47.8 Å².